The monoisotopic (exact) mass is 370 g/mol. The number of hydrogen-bond acceptors (Lipinski definition) is 6. The van der Waals surface area contributed by atoms with Crippen molar-refractivity contribution in [3.05, 3.63) is 35.5 Å². The van der Waals surface area contributed by atoms with Crippen molar-refractivity contribution in [2.24, 2.45) is 0 Å². The number of allylic oxidation sites excluding steroid dienone is 2. The molecule has 2 rings (SSSR count). The van der Waals surface area contributed by atoms with Gasteiger partial charge in [-0.1, -0.05) is 42.1 Å². The van der Waals surface area contributed by atoms with E-state index < -0.39 is 5.79 Å². The molecule has 0 unspecified atom stereocenters. The molecule has 0 spiro atoms. The van der Waals surface area contributed by atoms with Gasteiger partial charge in [0.15, 0.2) is 10.9 Å². The van der Waals surface area contributed by atoms with Crippen LogP contribution in [-0.2, 0) is 9.47 Å². The van der Waals surface area contributed by atoms with Gasteiger partial charge in [-0.15, -0.1) is 0 Å². The van der Waals surface area contributed by atoms with Crippen LogP contribution in [0.15, 0.2) is 35.5 Å². The minimum Gasteiger partial charge on any atom is -0.472 e. The van der Waals surface area contributed by atoms with Crippen LogP contribution < -0.4 is 4.74 Å². The van der Waals surface area contributed by atoms with Crippen molar-refractivity contribution in [2.75, 3.05) is 12.4 Å². The molecule has 1 aliphatic rings. The van der Waals surface area contributed by atoms with Gasteiger partial charge in [0.2, 0.25) is 5.88 Å². The standard InChI is InChI=1S/C17H23ClN2O3S/c1-6-7-11(2)10-24-16-19-14(18)8-15(20-16)22-12(3)13-9-21-17(4,5)23-13/h6-8,12-13H,2,9-10H2,1,3-5H3/b7-6-/t12-,13+/m1/s1. The molecule has 0 aliphatic carbocycles. The van der Waals surface area contributed by atoms with Crippen LogP contribution in [-0.4, -0.2) is 40.3 Å². The van der Waals surface area contributed by atoms with E-state index in [1.165, 1.54) is 11.8 Å². The van der Waals surface area contributed by atoms with Gasteiger partial charge in [-0.05, 0) is 33.3 Å². The van der Waals surface area contributed by atoms with Crippen molar-refractivity contribution in [1.29, 1.82) is 0 Å². The fourth-order valence-corrected chi connectivity index (χ4v) is 3.11. The molecule has 0 saturated carbocycles. The van der Waals surface area contributed by atoms with E-state index in [2.05, 4.69) is 16.5 Å². The lowest BCUT2D eigenvalue weighted by atomic mass is 10.2. The molecular formula is C17H23ClN2O3S. The Hall–Kier alpha value is -1.08. The topological polar surface area (TPSA) is 53.5 Å². The zero-order valence-electron chi connectivity index (χ0n) is 14.4. The van der Waals surface area contributed by atoms with Gasteiger partial charge in [0.05, 0.1) is 6.61 Å². The Labute approximate surface area is 152 Å². The molecule has 24 heavy (non-hydrogen) atoms. The molecule has 132 valence electrons. The fraction of sp³-hybridized carbons (Fsp3) is 0.529. The van der Waals surface area contributed by atoms with Crippen LogP contribution in [0.4, 0.5) is 0 Å². The Morgan fingerprint density at radius 3 is 2.96 bits per heavy atom. The Bertz CT molecular complexity index is 622. The van der Waals surface area contributed by atoms with Gasteiger partial charge in [-0.3, -0.25) is 0 Å². The molecule has 0 amide bonds. The van der Waals surface area contributed by atoms with Crippen molar-refractivity contribution >= 4 is 23.4 Å². The van der Waals surface area contributed by atoms with Crippen molar-refractivity contribution in [1.82, 2.24) is 9.97 Å². The number of rotatable bonds is 7. The highest BCUT2D eigenvalue weighted by Crippen LogP contribution is 2.27. The first-order valence-corrected chi connectivity index (χ1v) is 9.11. The van der Waals surface area contributed by atoms with Gasteiger partial charge < -0.3 is 14.2 Å². The smallest absolute Gasteiger partial charge is 0.219 e. The van der Waals surface area contributed by atoms with E-state index in [0.29, 0.717) is 28.5 Å². The third-order valence-corrected chi connectivity index (χ3v) is 4.45. The highest BCUT2D eigenvalue weighted by Gasteiger charge is 2.36. The van der Waals surface area contributed by atoms with Crippen LogP contribution in [0.3, 0.4) is 0 Å². The molecule has 7 heteroatoms. The fourth-order valence-electron chi connectivity index (χ4n) is 2.16. The predicted octanol–water partition coefficient (Wildman–Crippen LogP) is 4.27. The molecule has 1 fully saturated rings. The zero-order valence-corrected chi connectivity index (χ0v) is 16.0. The summed E-state index contributed by atoms with van der Waals surface area (Å²) in [7, 11) is 0. The van der Waals surface area contributed by atoms with E-state index in [9.17, 15) is 0 Å². The lowest BCUT2D eigenvalue weighted by Crippen LogP contribution is -2.33. The molecule has 0 N–H and O–H groups in total. The van der Waals surface area contributed by atoms with Crippen LogP contribution in [0.2, 0.25) is 5.15 Å². The second kappa shape index (κ2) is 8.34. The summed E-state index contributed by atoms with van der Waals surface area (Å²) in [4.78, 5) is 8.61. The molecule has 2 atom stereocenters. The Kier molecular flexibility index (Phi) is 6.69. The van der Waals surface area contributed by atoms with Crippen LogP contribution in [0.5, 0.6) is 5.88 Å². The average molecular weight is 371 g/mol. The maximum absolute atomic E-state index is 6.08. The number of aromatic nitrogens is 2. The molecular weight excluding hydrogens is 348 g/mol. The second-order valence-electron chi connectivity index (χ2n) is 5.95. The van der Waals surface area contributed by atoms with E-state index >= 15 is 0 Å². The van der Waals surface area contributed by atoms with E-state index in [4.69, 9.17) is 25.8 Å². The summed E-state index contributed by atoms with van der Waals surface area (Å²) in [6.45, 7) is 12.1. The summed E-state index contributed by atoms with van der Waals surface area (Å²) >= 11 is 7.54. The van der Waals surface area contributed by atoms with Crippen LogP contribution in [0, 0.1) is 0 Å². The van der Waals surface area contributed by atoms with Gasteiger partial charge in [-0.2, -0.15) is 4.98 Å². The molecule has 1 aromatic rings. The Morgan fingerprint density at radius 2 is 2.33 bits per heavy atom. The third-order valence-electron chi connectivity index (χ3n) is 3.30. The van der Waals surface area contributed by atoms with Crippen molar-refractivity contribution in [2.45, 2.75) is 50.8 Å². The SMILES string of the molecule is C=C(/C=C\C)CSc1nc(Cl)cc(O[C@H](C)[C@@H]2COC(C)(C)O2)n1. The van der Waals surface area contributed by atoms with E-state index in [0.717, 1.165) is 5.57 Å². The molecule has 1 saturated heterocycles. The van der Waals surface area contributed by atoms with E-state index in [1.54, 1.807) is 6.07 Å². The van der Waals surface area contributed by atoms with Gasteiger partial charge in [-0.25, -0.2) is 4.98 Å². The molecule has 0 bridgehead atoms. The lowest BCUT2D eigenvalue weighted by Gasteiger charge is -2.21. The number of ether oxygens (including phenoxy) is 3. The molecule has 2 heterocycles. The summed E-state index contributed by atoms with van der Waals surface area (Å²) < 4.78 is 17.2. The first-order chi connectivity index (χ1) is 11.3. The maximum atomic E-state index is 6.08. The Balaban J connectivity index is 1.99. The molecule has 0 radical (unpaired) electrons. The third kappa shape index (κ3) is 5.77. The van der Waals surface area contributed by atoms with Crippen molar-refractivity contribution < 1.29 is 14.2 Å². The van der Waals surface area contributed by atoms with Crippen LogP contribution in [0.1, 0.15) is 27.7 Å². The summed E-state index contributed by atoms with van der Waals surface area (Å²) in [5, 5.41) is 0.898. The molecule has 5 nitrogen and oxygen atoms in total. The Morgan fingerprint density at radius 1 is 1.58 bits per heavy atom. The number of halogens is 1. The molecule has 1 aromatic heterocycles. The lowest BCUT2D eigenvalue weighted by molar-refractivity contribution is -0.147. The summed E-state index contributed by atoms with van der Waals surface area (Å²) in [5.41, 5.74) is 0.987. The minimum absolute atomic E-state index is 0.153. The quantitative estimate of drug-likeness (QED) is 0.309. The maximum Gasteiger partial charge on any atom is 0.219 e. The minimum atomic E-state index is -0.584. The molecule has 0 aromatic carbocycles. The van der Waals surface area contributed by atoms with Gasteiger partial charge in [0.25, 0.3) is 0 Å². The van der Waals surface area contributed by atoms with Gasteiger partial charge in [0.1, 0.15) is 17.4 Å². The largest absolute Gasteiger partial charge is 0.472 e. The predicted molar refractivity (Wildman–Crippen MR) is 96.7 cm³/mol. The van der Waals surface area contributed by atoms with Gasteiger partial charge >= 0.3 is 0 Å². The summed E-state index contributed by atoms with van der Waals surface area (Å²) in [6.07, 6.45) is 3.53. The van der Waals surface area contributed by atoms with Crippen molar-refractivity contribution in [3.8, 4) is 5.88 Å². The van der Waals surface area contributed by atoms with Crippen LogP contribution >= 0.6 is 23.4 Å². The zero-order chi connectivity index (χ0) is 17.7. The number of thioether (sulfide) groups is 1. The van der Waals surface area contributed by atoms with Crippen molar-refractivity contribution in [3.63, 3.8) is 0 Å². The summed E-state index contributed by atoms with van der Waals surface area (Å²) in [5.74, 6) is 0.530. The van der Waals surface area contributed by atoms with E-state index in [1.807, 2.05) is 39.8 Å². The second-order valence-corrected chi connectivity index (χ2v) is 7.28. The first-order valence-electron chi connectivity index (χ1n) is 7.75. The van der Waals surface area contributed by atoms with E-state index in [-0.39, 0.29) is 12.2 Å². The van der Waals surface area contributed by atoms with Crippen LogP contribution in [0.25, 0.3) is 0 Å². The molecule has 1 aliphatic heterocycles. The highest BCUT2D eigenvalue weighted by atomic mass is 35.5. The highest BCUT2D eigenvalue weighted by molar-refractivity contribution is 7.99. The number of nitrogens with zero attached hydrogens (tertiary/aromatic N) is 2. The number of hydrogen-bond donors (Lipinski definition) is 0. The van der Waals surface area contributed by atoms with Gasteiger partial charge in [0, 0.05) is 11.8 Å². The first kappa shape index (κ1) is 19.2. The summed E-state index contributed by atoms with van der Waals surface area (Å²) in [6, 6.07) is 1.60. The normalized spacial score (nSPS) is 21.1. The average Bonchev–Trinajstić information content (AvgIpc) is 2.85.